The van der Waals surface area contributed by atoms with Crippen LogP contribution >= 0.6 is 11.8 Å². The van der Waals surface area contributed by atoms with E-state index in [0.29, 0.717) is 11.4 Å². The van der Waals surface area contributed by atoms with E-state index in [9.17, 15) is 13.2 Å². The minimum Gasteiger partial charge on any atom is -0.444 e. The molecular weight excluding hydrogens is 322 g/mol. The highest BCUT2D eigenvalue weighted by atomic mass is 32.2. The van der Waals surface area contributed by atoms with E-state index in [2.05, 4.69) is 5.32 Å². The fraction of sp³-hybridized carbons (Fsp3) is 0.533. The average molecular weight is 345 g/mol. The van der Waals surface area contributed by atoms with E-state index in [0.717, 1.165) is 17.1 Å². The van der Waals surface area contributed by atoms with Crippen LogP contribution in [0.25, 0.3) is 0 Å². The van der Waals surface area contributed by atoms with Crippen molar-refractivity contribution >= 4 is 27.7 Å². The third-order valence-electron chi connectivity index (χ3n) is 2.53. The van der Waals surface area contributed by atoms with Crippen LogP contribution in [0.2, 0.25) is 0 Å². The zero-order chi connectivity index (χ0) is 16.8. The number of nitrogens with one attached hydrogen (secondary N) is 1. The van der Waals surface area contributed by atoms with Gasteiger partial charge in [-0.3, -0.25) is 0 Å². The standard InChI is InChI=1S/C15H23NO4S2/c1-15(2,3)20-14(17)16-9-10-21-11-12-5-7-13(8-6-12)22(4,18)19/h5-8H,9-11H2,1-4H3,(H,16,17). The first-order valence-electron chi connectivity index (χ1n) is 6.91. The Morgan fingerprint density at radius 1 is 1.23 bits per heavy atom. The third kappa shape index (κ3) is 7.70. The van der Waals surface area contributed by atoms with Crippen molar-refractivity contribution < 1.29 is 17.9 Å². The van der Waals surface area contributed by atoms with Crippen LogP contribution in [0.15, 0.2) is 29.2 Å². The van der Waals surface area contributed by atoms with Crippen LogP contribution in [0.5, 0.6) is 0 Å². The lowest BCUT2D eigenvalue weighted by Crippen LogP contribution is -2.33. The Morgan fingerprint density at radius 3 is 2.32 bits per heavy atom. The summed E-state index contributed by atoms with van der Waals surface area (Å²) in [4.78, 5) is 11.8. The molecule has 1 aromatic rings. The second-order valence-electron chi connectivity index (χ2n) is 5.90. The van der Waals surface area contributed by atoms with Gasteiger partial charge < -0.3 is 10.1 Å². The minimum atomic E-state index is -3.14. The Kier molecular flexibility index (Phi) is 6.74. The van der Waals surface area contributed by atoms with E-state index < -0.39 is 21.5 Å². The number of sulfone groups is 1. The van der Waals surface area contributed by atoms with Crippen LogP contribution in [-0.4, -0.2) is 38.7 Å². The highest BCUT2D eigenvalue weighted by Gasteiger charge is 2.15. The molecule has 0 radical (unpaired) electrons. The molecule has 1 rings (SSSR count). The Morgan fingerprint density at radius 2 is 1.82 bits per heavy atom. The molecule has 0 aliphatic heterocycles. The van der Waals surface area contributed by atoms with E-state index in [1.165, 1.54) is 6.26 Å². The topological polar surface area (TPSA) is 72.5 Å². The number of rotatable bonds is 6. The summed E-state index contributed by atoms with van der Waals surface area (Å²) in [5.74, 6) is 1.52. The molecule has 7 heteroatoms. The largest absolute Gasteiger partial charge is 0.444 e. The lowest BCUT2D eigenvalue weighted by atomic mass is 10.2. The first-order chi connectivity index (χ1) is 10.1. The van der Waals surface area contributed by atoms with Crippen LogP contribution < -0.4 is 5.32 Å². The maximum Gasteiger partial charge on any atom is 0.407 e. The summed E-state index contributed by atoms with van der Waals surface area (Å²) in [5.41, 5.74) is 0.563. The molecule has 0 fully saturated rings. The molecule has 0 saturated heterocycles. The molecule has 0 bridgehead atoms. The van der Waals surface area contributed by atoms with Gasteiger partial charge in [-0.25, -0.2) is 13.2 Å². The summed E-state index contributed by atoms with van der Waals surface area (Å²) < 4.78 is 27.8. The van der Waals surface area contributed by atoms with Crippen LogP contribution in [0.4, 0.5) is 4.79 Å². The van der Waals surface area contributed by atoms with Crippen molar-refractivity contribution in [3.8, 4) is 0 Å². The number of ether oxygens (including phenoxy) is 1. The monoisotopic (exact) mass is 345 g/mol. The van der Waals surface area contributed by atoms with Crippen LogP contribution in [-0.2, 0) is 20.3 Å². The summed E-state index contributed by atoms with van der Waals surface area (Å²) in [7, 11) is -3.14. The summed E-state index contributed by atoms with van der Waals surface area (Å²) >= 11 is 1.66. The van der Waals surface area contributed by atoms with Gasteiger partial charge in [-0.2, -0.15) is 11.8 Å². The van der Waals surface area contributed by atoms with Gasteiger partial charge in [0.05, 0.1) is 4.90 Å². The fourth-order valence-corrected chi connectivity index (χ4v) is 3.01. The normalized spacial score (nSPS) is 12.0. The summed E-state index contributed by atoms with van der Waals surface area (Å²) in [6.45, 7) is 5.99. The Bertz CT molecular complexity index is 589. The third-order valence-corrected chi connectivity index (χ3v) is 4.69. The van der Waals surface area contributed by atoms with Crippen molar-refractivity contribution in [3.63, 3.8) is 0 Å². The first-order valence-corrected chi connectivity index (χ1v) is 9.96. The molecule has 1 amide bonds. The fourth-order valence-electron chi connectivity index (χ4n) is 1.56. The zero-order valence-electron chi connectivity index (χ0n) is 13.4. The molecule has 5 nitrogen and oxygen atoms in total. The summed E-state index contributed by atoms with van der Waals surface area (Å²) in [6.07, 6.45) is 0.782. The highest BCUT2D eigenvalue weighted by Crippen LogP contribution is 2.15. The lowest BCUT2D eigenvalue weighted by Gasteiger charge is -2.19. The molecular formula is C15H23NO4S2. The van der Waals surface area contributed by atoms with Crippen molar-refractivity contribution in [2.45, 2.75) is 37.0 Å². The van der Waals surface area contributed by atoms with Gasteiger partial charge in [0.15, 0.2) is 9.84 Å². The predicted molar refractivity (Wildman–Crippen MR) is 90.0 cm³/mol. The summed E-state index contributed by atoms with van der Waals surface area (Å²) in [6, 6.07) is 6.85. The van der Waals surface area contributed by atoms with Crippen molar-refractivity contribution in [1.29, 1.82) is 0 Å². The van der Waals surface area contributed by atoms with Crippen LogP contribution in [0.1, 0.15) is 26.3 Å². The molecule has 0 heterocycles. The first kappa shape index (κ1) is 18.8. The smallest absolute Gasteiger partial charge is 0.407 e. The van der Waals surface area contributed by atoms with Gasteiger partial charge in [0.2, 0.25) is 0 Å². The van der Waals surface area contributed by atoms with Gasteiger partial charge in [-0.05, 0) is 38.5 Å². The van der Waals surface area contributed by atoms with Crippen molar-refractivity contribution in [3.05, 3.63) is 29.8 Å². The molecule has 0 aliphatic rings. The maximum absolute atomic E-state index is 11.4. The number of carbonyl (C=O) groups is 1. The maximum atomic E-state index is 11.4. The van der Waals surface area contributed by atoms with Gasteiger partial charge in [-0.15, -0.1) is 0 Å². The molecule has 0 saturated carbocycles. The Labute approximate surface area is 136 Å². The van der Waals surface area contributed by atoms with E-state index in [4.69, 9.17) is 4.74 Å². The molecule has 0 aliphatic carbocycles. The second-order valence-corrected chi connectivity index (χ2v) is 9.02. The van der Waals surface area contributed by atoms with Crippen molar-refractivity contribution in [2.24, 2.45) is 0 Å². The van der Waals surface area contributed by atoms with E-state index in [-0.39, 0.29) is 0 Å². The summed E-state index contributed by atoms with van der Waals surface area (Å²) in [5, 5.41) is 2.69. The van der Waals surface area contributed by atoms with Crippen LogP contribution in [0.3, 0.4) is 0 Å². The second kappa shape index (κ2) is 7.87. The number of carbonyl (C=O) groups excluding carboxylic acids is 1. The number of thioether (sulfide) groups is 1. The van der Waals surface area contributed by atoms with Gasteiger partial charge in [0.25, 0.3) is 0 Å². The van der Waals surface area contributed by atoms with Crippen molar-refractivity contribution in [1.82, 2.24) is 5.32 Å². The molecule has 1 N–H and O–H groups in total. The van der Waals surface area contributed by atoms with E-state index in [1.54, 1.807) is 23.9 Å². The quantitative estimate of drug-likeness (QED) is 0.803. The van der Waals surface area contributed by atoms with Gasteiger partial charge in [0.1, 0.15) is 5.60 Å². The van der Waals surface area contributed by atoms with Crippen LogP contribution in [0, 0.1) is 0 Å². The van der Waals surface area contributed by atoms with Gasteiger partial charge in [-0.1, -0.05) is 12.1 Å². The molecule has 0 atom stereocenters. The molecule has 0 unspecified atom stereocenters. The van der Waals surface area contributed by atoms with Crippen molar-refractivity contribution in [2.75, 3.05) is 18.6 Å². The zero-order valence-corrected chi connectivity index (χ0v) is 15.0. The molecule has 1 aromatic carbocycles. The number of benzene rings is 1. The number of hydrogen-bond acceptors (Lipinski definition) is 5. The van der Waals surface area contributed by atoms with Gasteiger partial charge in [0, 0.05) is 24.3 Å². The SMILES string of the molecule is CC(C)(C)OC(=O)NCCSCc1ccc(S(C)(=O)=O)cc1. The molecule has 22 heavy (non-hydrogen) atoms. The highest BCUT2D eigenvalue weighted by molar-refractivity contribution is 7.98. The minimum absolute atomic E-state index is 0.327. The van der Waals surface area contributed by atoms with E-state index in [1.807, 2.05) is 32.9 Å². The predicted octanol–water partition coefficient (Wildman–Crippen LogP) is 2.85. The number of amides is 1. The van der Waals surface area contributed by atoms with E-state index >= 15 is 0 Å². The van der Waals surface area contributed by atoms with Gasteiger partial charge >= 0.3 is 6.09 Å². The average Bonchev–Trinajstić information content (AvgIpc) is 2.35. The number of hydrogen-bond donors (Lipinski definition) is 1. The lowest BCUT2D eigenvalue weighted by molar-refractivity contribution is 0.0531. The Balaban J connectivity index is 2.27. The molecule has 124 valence electrons. The Hall–Kier alpha value is -1.21. The number of alkyl carbamates (subject to hydrolysis) is 1. The molecule has 0 spiro atoms. The molecule has 0 aromatic heterocycles.